The summed E-state index contributed by atoms with van der Waals surface area (Å²) in [5, 5.41) is 0.556. The predicted octanol–water partition coefficient (Wildman–Crippen LogP) is 3.06. The normalized spacial score (nSPS) is 10.8. The Balaban J connectivity index is 1.71. The van der Waals surface area contributed by atoms with Gasteiger partial charge in [0.2, 0.25) is 5.91 Å². The number of rotatable bonds is 6. The molecule has 0 spiro atoms. The Morgan fingerprint density at radius 3 is 2.60 bits per heavy atom. The lowest BCUT2D eigenvalue weighted by Gasteiger charge is -2.20. The van der Waals surface area contributed by atoms with Gasteiger partial charge in [-0.1, -0.05) is 30.3 Å². The molecule has 6 heteroatoms. The molecule has 0 atom stereocenters. The highest BCUT2D eigenvalue weighted by Gasteiger charge is 2.14. The molecule has 25 heavy (non-hydrogen) atoms. The predicted molar refractivity (Wildman–Crippen MR) is 101 cm³/mol. The zero-order chi connectivity index (χ0) is 17.6. The van der Waals surface area contributed by atoms with E-state index in [1.165, 1.54) is 11.8 Å². The standard InChI is InChI=1S/C19H19N3O2S/c1-2-22(18(23)13-25-14-8-4-3-5-9-14)12-17-20-16-11-7-6-10-15(16)19(24)21-17/h3-11H,2,12-13H2,1H3,(H,20,21,24). The van der Waals surface area contributed by atoms with E-state index in [1.807, 2.05) is 49.4 Å². The highest BCUT2D eigenvalue weighted by atomic mass is 32.2. The Bertz CT molecular complexity index is 925. The number of carbonyl (C=O) groups excluding carboxylic acids is 1. The van der Waals surface area contributed by atoms with Crippen molar-refractivity contribution in [3.05, 3.63) is 70.8 Å². The van der Waals surface area contributed by atoms with Crippen LogP contribution in [0.25, 0.3) is 10.9 Å². The summed E-state index contributed by atoms with van der Waals surface area (Å²) in [4.78, 5) is 34.6. The van der Waals surface area contributed by atoms with E-state index in [9.17, 15) is 9.59 Å². The number of nitrogens with zero attached hydrogens (tertiary/aromatic N) is 2. The van der Waals surface area contributed by atoms with Crippen LogP contribution >= 0.6 is 11.8 Å². The van der Waals surface area contributed by atoms with Gasteiger partial charge in [-0.05, 0) is 31.2 Å². The maximum atomic E-state index is 12.5. The number of aromatic nitrogens is 2. The van der Waals surface area contributed by atoms with Crippen LogP contribution in [-0.4, -0.2) is 33.1 Å². The zero-order valence-electron chi connectivity index (χ0n) is 13.9. The number of benzene rings is 2. The molecule has 0 saturated carbocycles. The van der Waals surface area contributed by atoms with E-state index in [-0.39, 0.29) is 11.5 Å². The van der Waals surface area contributed by atoms with Crippen molar-refractivity contribution >= 4 is 28.6 Å². The molecule has 0 radical (unpaired) electrons. The van der Waals surface area contributed by atoms with Gasteiger partial charge in [0.05, 0.1) is 23.2 Å². The third kappa shape index (κ3) is 4.28. The Kier molecular flexibility index (Phi) is 5.50. The van der Waals surface area contributed by atoms with Crippen molar-refractivity contribution in [2.75, 3.05) is 12.3 Å². The van der Waals surface area contributed by atoms with E-state index < -0.39 is 0 Å². The van der Waals surface area contributed by atoms with Crippen LogP contribution in [0.2, 0.25) is 0 Å². The van der Waals surface area contributed by atoms with Crippen LogP contribution in [0.5, 0.6) is 0 Å². The van der Waals surface area contributed by atoms with Gasteiger partial charge in [0.25, 0.3) is 5.56 Å². The van der Waals surface area contributed by atoms with E-state index in [0.29, 0.717) is 35.6 Å². The topological polar surface area (TPSA) is 66.1 Å². The van der Waals surface area contributed by atoms with E-state index in [2.05, 4.69) is 9.97 Å². The molecular formula is C19H19N3O2S. The number of aromatic amines is 1. The quantitative estimate of drug-likeness (QED) is 0.692. The number of para-hydroxylation sites is 1. The second kappa shape index (κ2) is 7.98. The van der Waals surface area contributed by atoms with Gasteiger partial charge >= 0.3 is 0 Å². The molecule has 0 aliphatic rings. The summed E-state index contributed by atoms with van der Waals surface area (Å²) in [6.07, 6.45) is 0. The van der Waals surface area contributed by atoms with Crippen molar-refractivity contribution in [1.82, 2.24) is 14.9 Å². The van der Waals surface area contributed by atoms with E-state index in [4.69, 9.17) is 0 Å². The fourth-order valence-corrected chi connectivity index (χ4v) is 3.34. The summed E-state index contributed by atoms with van der Waals surface area (Å²) in [7, 11) is 0. The third-order valence-electron chi connectivity index (χ3n) is 3.84. The van der Waals surface area contributed by atoms with Crippen LogP contribution in [0.15, 0.2) is 64.3 Å². The number of thioether (sulfide) groups is 1. The first-order chi connectivity index (χ1) is 12.2. The molecule has 0 aliphatic carbocycles. The fraction of sp³-hybridized carbons (Fsp3) is 0.211. The second-order valence-electron chi connectivity index (χ2n) is 5.54. The van der Waals surface area contributed by atoms with Gasteiger partial charge in [0, 0.05) is 11.4 Å². The van der Waals surface area contributed by atoms with Gasteiger partial charge in [-0.3, -0.25) is 9.59 Å². The highest BCUT2D eigenvalue weighted by Crippen LogP contribution is 2.17. The summed E-state index contributed by atoms with van der Waals surface area (Å²) in [5.41, 5.74) is 0.464. The molecular weight excluding hydrogens is 334 g/mol. The first-order valence-electron chi connectivity index (χ1n) is 8.11. The van der Waals surface area contributed by atoms with Crippen LogP contribution < -0.4 is 5.56 Å². The molecule has 3 rings (SSSR count). The van der Waals surface area contributed by atoms with Crippen LogP contribution in [0.4, 0.5) is 0 Å². The van der Waals surface area contributed by atoms with Gasteiger partial charge in [0.1, 0.15) is 5.82 Å². The summed E-state index contributed by atoms with van der Waals surface area (Å²) in [5.74, 6) is 0.881. The van der Waals surface area contributed by atoms with Gasteiger partial charge in [0.15, 0.2) is 0 Å². The summed E-state index contributed by atoms with van der Waals surface area (Å²) in [6.45, 7) is 2.78. The molecule has 5 nitrogen and oxygen atoms in total. The number of carbonyl (C=O) groups is 1. The number of H-pyrrole nitrogens is 1. The summed E-state index contributed by atoms with van der Waals surface area (Å²) in [6, 6.07) is 17.0. The van der Waals surface area contributed by atoms with Crippen molar-refractivity contribution in [2.24, 2.45) is 0 Å². The lowest BCUT2D eigenvalue weighted by molar-refractivity contribution is -0.128. The molecule has 1 aromatic heterocycles. The minimum atomic E-state index is -0.178. The number of hydrogen-bond acceptors (Lipinski definition) is 4. The molecule has 1 amide bonds. The van der Waals surface area contributed by atoms with Crippen molar-refractivity contribution in [1.29, 1.82) is 0 Å². The molecule has 0 saturated heterocycles. The molecule has 1 N–H and O–H groups in total. The minimum Gasteiger partial charge on any atom is -0.335 e. The molecule has 0 fully saturated rings. The molecule has 2 aromatic carbocycles. The van der Waals surface area contributed by atoms with Crippen LogP contribution in [-0.2, 0) is 11.3 Å². The largest absolute Gasteiger partial charge is 0.335 e. The van der Waals surface area contributed by atoms with E-state index in [1.54, 1.807) is 17.0 Å². The van der Waals surface area contributed by atoms with Crippen LogP contribution in [0, 0.1) is 0 Å². The Morgan fingerprint density at radius 2 is 1.84 bits per heavy atom. The minimum absolute atomic E-state index is 0.0205. The molecule has 128 valence electrons. The monoisotopic (exact) mass is 353 g/mol. The summed E-state index contributed by atoms with van der Waals surface area (Å²) < 4.78 is 0. The SMILES string of the molecule is CCN(Cc1nc2ccccc2c(=O)[nH]1)C(=O)CSc1ccccc1. The van der Waals surface area contributed by atoms with Gasteiger partial charge < -0.3 is 9.88 Å². The lowest BCUT2D eigenvalue weighted by atomic mass is 10.2. The first-order valence-corrected chi connectivity index (χ1v) is 9.09. The fourth-order valence-electron chi connectivity index (χ4n) is 2.52. The van der Waals surface area contributed by atoms with Gasteiger partial charge in [-0.2, -0.15) is 0 Å². The second-order valence-corrected chi connectivity index (χ2v) is 6.59. The van der Waals surface area contributed by atoms with Crippen molar-refractivity contribution in [2.45, 2.75) is 18.4 Å². The van der Waals surface area contributed by atoms with E-state index in [0.717, 1.165) is 4.90 Å². The van der Waals surface area contributed by atoms with Gasteiger partial charge in [-0.15, -0.1) is 11.8 Å². The average molecular weight is 353 g/mol. The van der Waals surface area contributed by atoms with Crippen molar-refractivity contribution < 1.29 is 4.79 Å². The maximum Gasteiger partial charge on any atom is 0.258 e. The number of nitrogens with one attached hydrogen (secondary N) is 1. The zero-order valence-corrected chi connectivity index (χ0v) is 14.8. The molecule has 3 aromatic rings. The number of amides is 1. The molecule has 0 aliphatic heterocycles. The van der Waals surface area contributed by atoms with Gasteiger partial charge in [-0.25, -0.2) is 4.98 Å². The highest BCUT2D eigenvalue weighted by molar-refractivity contribution is 8.00. The number of fused-ring (bicyclic) bond motifs is 1. The Hall–Kier alpha value is -2.60. The van der Waals surface area contributed by atoms with Crippen LogP contribution in [0.1, 0.15) is 12.7 Å². The number of hydrogen-bond donors (Lipinski definition) is 1. The smallest absolute Gasteiger partial charge is 0.258 e. The van der Waals surface area contributed by atoms with E-state index >= 15 is 0 Å². The first kappa shape index (κ1) is 17.2. The van der Waals surface area contributed by atoms with Crippen molar-refractivity contribution in [3.8, 4) is 0 Å². The molecule has 0 bridgehead atoms. The maximum absolute atomic E-state index is 12.5. The lowest BCUT2D eigenvalue weighted by Crippen LogP contribution is -2.33. The molecule has 1 heterocycles. The Morgan fingerprint density at radius 1 is 1.12 bits per heavy atom. The third-order valence-corrected chi connectivity index (χ3v) is 4.84. The summed E-state index contributed by atoms with van der Waals surface area (Å²) >= 11 is 1.50. The van der Waals surface area contributed by atoms with Crippen LogP contribution in [0.3, 0.4) is 0 Å². The Labute approximate surface area is 150 Å². The van der Waals surface area contributed by atoms with Crippen molar-refractivity contribution in [3.63, 3.8) is 0 Å². The molecule has 0 unspecified atom stereocenters. The average Bonchev–Trinajstić information content (AvgIpc) is 2.65.